The third-order valence-corrected chi connectivity index (χ3v) is 4.93. The second kappa shape index (κ2) is 7.90. The smallest absolute Gasteiger partial charge is 0.338 e. The van der Waals surface area contributed by atoms with Crippen molar-refractivity contribution < 1.29 is 18.7 Å². The number of esters is 1. The van der Waals surface area contributed by atoms with Crippen LogP contribution in [0, 0.1) is 0 Å². The third-order valence-electron chi connectivity index (χ3n) is 4.70. The summed E-state index contributed by atoms with van der Waals surface area (Å²) < 4.78 is 10.3. The molecule has 0 N–H and O–H groups in total. The Kier molecular flexibility index (Phi) is 5.16. The number of anilines is 1. The fourth-order valence-electron chi connectivity index (χ4n) is 3.17. The number of nitrogens with zero attached hydrogens (tertiary/aromatic N) is 3. The van der Waals surface area contributed by atoms with Crippen LogP contribution in [-0.2, 0) is 9.53 Å². The first kappa shape index (κ1) is 18.3. The topological polar surface area (TPSA) is 75.9 Å². The Balaban J connectivity index is 1.29. The second-order valence-electron chi connectivity index (χ2n) is 6.46. The number of hydrogen-bond donors (Lipinski definition) is 0. The largest absolute Gasteiger partial charge is 0.452 e. The molecule has 2 heterocycles. The normalized spacial score (nSPS) is 14.3. The van der Waals surface area contributed by atoms with Crippen LogP contribution in [0.1, 0.15) is 10.4 Å². The van der Waals surface area contributed by atoms with Gasteiger partial charge in [-0.15, -0.1) is 0 Å². The molecular weight excluding hydrogens is 382 g/mol. The van der Waals surface area contributed by atoms with Crippen LogP contribution in [0.5, 0.6) is 0 Å². The fourth-order valence-corrected chi connectivity index (χ4v) is 3.36. The van der Waals surface area contributed by atoms with E-state index in [9.17, 15) is 9.59 Å². The van der Waals surface area contributed by atoms with E-state index in [1.165, 1.54) is 6.39 Å². The number of piperazine rings is 1. The molecule has 0 spiro atoms. The molecule has 0 aliphatic carbocycles. The van der Waals surface area contributed by atoms with E-state index in [-0.39, 0.29) is 12.5 Å². The van der Waals surface area contributed by atoms with Gasteiger partial charge in [-0.3, -0.25) is 4.79 Å². The summed E-state index contributed by atoms with van der Waals surface area (Å²) in [5, 5.41) is 0.687. The average Bonchev–Trinajstić information content (AvgIpc) is 3.20. The molecular formula is C20H18ClN3O4. The molecule has 7 nitrogen and oxygen atoms in total. The number of rotatable bonds is 4. The zero-order chi connectivity index (χ0) is 19.5. The zero-order valence-electron chi connectivity index (χ0n) is 15.0. The summed E-state index contributed by atoms with van der Waals surface area (Å²) in [5.41, 5.74) is 2.51. The summed E-state index contributed by atoms with van der Waals surface area (Å²) in [7, 11) is 0. The van der Waals surface area contributed by atoms with Crippen molar-refractivity contribution in [3.63, 3.8) is 0 Å². The van der Waals surface area contributed by atoms with Crippen LogP contribution in [0.3, 0.4) is 0 Å². The fraction of sp³-hybridized carbons (Fsp3) is 0.250. The molecule has 144 valence electrons. The van der Waals surface area contributed by atoms with Crippen molar-refractivity contribution in [3.05, 3.63) is 59.4 Å². The van der Waals surface area contributed by atoms with Gasteiger partial charge in [0.1, 0.15) is 5.52 Å². The molecule has 0 saturated carbocycles. The highest BCUT2D eigenvalue weighted by atomic mass is 35.5. The number of hydrogen-bond acceptors (Lipinski definition) is 6. The second-order valence-corrected chi connectivity index (χ2v) is 6.90. The maximum atomic E-state index is 12.4. The van der Waals surface area contributed by atoms with Crippen LogP contribution in [0.2, 0.25) is 5.02 Å². The molecule has 1 aliphatic rings. The Bertz CT molecular complexity index is 1010. The van der Waals surface area contributed by atoms with Gasteiger partial charge in [-0.2, -0.15) is 0 Å². The van der Waals surface area contributed by atoms with Crippen LogP contribution in [-0.4, -0.2) is 54.5 Å². The Morgan fingerprint density at radius 3 is 2.71 bits per heavy atom. The maximum Gasteiger partial charge on any atom is 0.338 e. The molecule has 1 aromatic heterocycles. The van der Waals surface area contributed by atoms with Crippen LogP contribution in [0.15, 0.2) is 53.3 Å². The van der Waals surface area contributed by atoms with Gasteiger partial charge in [0.2, 0.25) is 0 Å². The van der Waals surface area contributed by atoms with Crippen LogP contribution < -0.4 is 4.90 Å². The van der Waals surface area contributed by atoms with Gasteiger partial charge in [-0.05, 0) is 36.4 Å². The predicted molar refractivity (Wildman–Crippen MR) is 105 cm³/mol. The van der Waals surface area contributed by atoms with E-state index in [0.717, 1.165) is 5.69 Å². The van der Waals surface area contributed by atoms with Gasteiger partial charge in [0, 0.05) is 36.9 Å². The molecule has 1 aliphatic heterocycles. The number of carbonyl (C=O) groups is 2. The molecule has 1 saturated heterocycles. The molecule has 3 aromatic rings. The van der Waals surface area contributed by atoms with Gasteiger partial charge in [0.25, 0.3) is 5.91 Å². The van der Waals surface area contributed by atoms with E-state index in [4.69, 9.17) is 20.8 Å². The van der Waals surface area contributed by atoms with Crippen molar-refractivity contribution >= 4 is 40.3 Å². The SMILES string of the molecule is O=C(OCC(=O)N1CCN(c2cccc(Cl)c2)CC1)c1ccc2ncoc2c1. The van der Waals surface area contributed by atoms with Crippen molar-refractivity contribution in [3.8, 4) is 0 Å². The quantitative estimate of drug-likeness (QED) is 0.628. The Morgan fingerprint density at radius 2 is 1.93 bits per heavy atom. The minimum atomic E-state index is -0.566. The lowest BCUT2D eigenvalue weighted by Gasteiger charge is -2.36. The van der Waals surface area contributed by atoms with Gasteiger partial charge >= 0.3 is 5.97 Å². The maximum absolute atomic E-state index is 12.4. The van der Waals surface area contributed by atoms with Gasteiger partial charge < -0.3 is 19.0 Å². The monoisotopic (exact) mass is 399 g/mol. The van der Waals surface area contributed by atoms with Crippen molar-refractivity contribution in [1.29, 1.82) is 0 Å². The number of halogens is 1. The summed E-state index contributed by atoms with van der Waals surface area (Å²) in [6.07, 6.45) is 1.31. The summed E-state index contributed by atoms with van der Waals surface area (Å²) in [5.74, 6) is -0.774. The summed E-state index contributed by atoms with van der Waals surface area (Å²) in [4.78, 5) is 32.4. The number of benzene rings is 2. The van der Waals surface area contributed by atoms with Gasteiger partial charge in [-0.25, -0.2) is 9.78 Å². The molecule has 0 bridgehead atoms. The van der Waals surface area contributed by atoms with Gasteiger partial charge in [0.05, 0.1) is 5.56 Å². The Morgan fingerprint density at radius 1 is 1.11 bits per heavy atom. The van der Waals surface area contributed by atoms with E-state index in [0.29, 0.717) is 47.9 Å². The number of carbonyl (C=O) groups excluding carboxylic acids is 2. The number of oxazole rings is 1. The van der Waals surface area contributed by atoms with Crippen molar-refractivity contribution in [1.82, 2.24) is 9.88 Å². The van der Waals surface area contributed by atoms with E-state index < -0.39 is 5.97 Å². The van der Waals surface area contributed by atoms with Gasteiger partial charge in [0.15, 0.2) is 18.6 Å². The molecule has 1 amide bonds. The van der Waals surface area contributed by atoms with Crippen LogP contribution >= 0.6 is 11.6 Å². The summed E-state index contributed by atoms with van der Waals surface area (Å²) >= 11 is 6.04. The predicted octanol–water partition coefficient (Wildman–Crippen LogP) is 2.99. The lowest BCUT2D eigenvalue weighted by Crippen LogP contribution is -2.49. The van der Waals surface area contributed by atoms with Crippen LogP contribution in [0.4, 0.5) is 5.69 Å². The Hall–Kier alpha value is -3.06. The highest BCUT2D eigenvalue weighted by molar-refractivity contribution is 6.30. The molecule has 28 heavy (non-hydrogen) atoms. The van der Waals surface area contributed by atoms with Gasteiger partial charge in [-0.1, -0.05) is 17.7 Å². The Labute approximate surface area is 166 Å². The molecule has 1 fully saturated rings. The summed E-state index contributed by atoms with van der Waals surface area (Å²) in [6.45, 7) is 2.23. The molecule has 2 aromatic carbocycles. The molecule has 0 unspecified atom stereocenters. The highest BCUT2D eigenvalue weighted by Crippen LogP contribution is 2.21. The molecule has 8 heteroatoms. The first-order valence-corrected chi connectivity index (χ1v) is 9.26. The van der Waals surface area contributed by atoms with E-state index in [1.807, 2.05) is 24.3 Å². The van der Waals surface area contributed by atoms with Crippen LogP contribution in [0.25, 0.3) is 11.1 Å². The first-order valence-electron chi connectivity index (χ1n) is 8.89. The molecule has 0 radical (unpaired) electrons. The van der Waals surface area contributed by atoms with Crippen molar-refractivity contribution in [2.75, 3.05) is 37.7 Å². The summed E-state index contributed by atoms with van der Waals surface area (Å²) in [6, 6.07) is 12.5. The van der Waals surface area contributed by atoms with E-state index >= 15 is 0 Å². The van der Waals surface area contributed by atoms with Crippen molar-refractivity contribution in [2.45, 2.75) is 0 Å². The standard InChI is InChI=1S/C20H18ClN3O4/c21-15-2-1-3-16(11-15)23-6-8-24(9-7-23)19(25)12-27-20(26)14-4-5-17-18(10-14)28-13-22-17/h1-5,10-11,13H,6-9,12H2. The minimum Gasteiger partial charge on any atom is -0.452 e. The van der Waals surface area contributed by atoms with E-state index in [1.54, 1.807) is 23.1 Å². The van der Waals surface area contributed by atoms with Crippen molar-refractivity contribution in [2.24, 2.45) is 0 Å². The molecule has 4 rings (SSSR count). The lowest BCUT2D eigenvalue weighted by molar-refractivity contribution is -0.134. The zero-order valence-corrected chi connectivity index (χ0v) is 15.8. The number of ether oxygens (including phenoxy) is 1. The lowest BCUT2D eigenvalue weighted by atomic mass is 10.2. The number of aromatic nitrogens is 1. The third kappa shape index (κ3) is 3.94. The number of fused-ring (bicyclic) bond motifs is 1. The minimum absolute atomic E-state index is 0.208. The molecule has 0 atom stereocenters. The number of amides is 1. The first-order chi connectivity index (χ1) is 13.6. The average molecular weight is 400 g/mol. The van der Waals surface area contributed by atoms with E-state index in [2.05, 4.69) is 9.88 Å². The highest BCUT2D eigenvalue weighted by Gasteiger charge is 2.22.